The van der Waals surface area contributed by atoms with Crippen molar-refractivity contribution in [3.63, 3.8) is 0 Å². The number of nitriles is 1. The van der Waals surface area contributed by atoms with E-state index < -0.39 is 0 Å². The Hall–Kier alpha value is -2.97. The Kier molecular flexibility index (Phi) is 4.67. The summed E-state index contributed by atoms with van der Waals surface area (Å²) >= 11 is 3.66. The molecule has 4 aromatic rings. The lowest BCUT2D eigenvalue weighted by Crippen LogP contribution is -2.06. The lowest BCUT2D eigenvalue weighted by atomic mass is 9.99. The molecule has 1 aliphatic rings. The van der Waals surface area contributed by atoms with Crippen molar-refractivity contribution in [1.29, 1.82) is 5.26 Å². The first-order valence-corrected chi connectivity index (χ1v) is 11.0. The van der Waals surface area contributed by atoms with Crippen molar-refractivity contribution in [1.82, 2.24) is 14.5 Å². The molecule has 0 atom stereocenters. The quantitative estimate of drug-likeness (QED) is 0.363. The molecule has 0 bridgehead atoms. The second-order valence-electron chi connectivity index (χ2n) is 7.99. The molecule has 1 fully saturated rings. The van der Waals surface area contributed by atoms with Crippen LogP contribution < -0.4 is 0 Å². The molecule has 0 aliphatic heterocycles. The van der Waals surface area contributed by atoms with Crippen molar-refractivity contribution in [3.8, 4) is 17.2 Å². The molecular formula is C25H21BrN4. The van der Waals surface area contributed by atoms with Crippen LogP contribution in [0, 0.1) is 25.2 Å². The molecule has 0 amide bonds. The molecular weight excluding hydrogens is 436 g/mol. The van der Waals surface area contributed by atoms with Gasteiger partial charge < -0.3 is 4.57 Å². The fourth-order valence-electron chi connectivity index (χ4n) is 4.02. The average Bonchev–Trinajstić information content (AvgIpc) is 3.56. The topological polar surface area (TPSA) is 54.5 Å². The van der Waals surface area contributed by atoms with Crippen molar-refractivity contribution >= 4 is 27.1 Å². The Bertz CT molecular complexity index is 1310. The molecule has 1 aliphatic carbocycles. The van der Waals surface area contributed by atoms with E-state index in [-0.39, 0.29) is 0 Å². The van der Waals surface area contributed by atoms with Gasteiger partial charge in [-0.2, -0.15) is 5.26 Å². The zero-order chi connectivity index (χ0) is 20.8. The highest BCUT2D eigenvalue weighted by Gasteiger charge is 2.30. The third-order valence-corrected chi connectivity index (χ3v) is 7.01. The predicted molar refractivity (Wildman–Crippen MR) is 122 cm³/mol. The first-order valence-electron chi connectivity index (χ1n) is 10.2. The molecule has 1 saturated carbocycles. The maximum Gasteiger partial charge on any atom is 0.160 e. The fourth-order valence-corrected chi connectivity index (χ4v) is 4.30. The molecule has 2 aromatic heterocycles. The number of aromatic nitrogens is 3. The van der Waals surface area contributed by atoms with E-state index in [1.54, 1.807) is 0 Å². The second-order valence-corrected chi connectivity index (χ2v) is 8.79. The van der Waals surface area contributed by atoms with Crippen molar-refractivity contribution in [2.24, 2.45) is 0 Å². The first-order chi connectivity index (χ1) is 14.6. The molecule has 2 aromatic carbocycles. The summed E-state index contributed by atoms with van der Waals surface area (Å²) in [5.41, 5.74) is 8.03. The predicted octanol–water partition coefficient (Wildman–Crippen LogP) is 6.28. The number of fused-ring (bicyclic) bond motifs is 1. The molecule has 0 radical (unpaired) electrons. The molecule has 30 heavy (non-hydrogen) atoms. The number of halogens is 1. The van der Waals surface area contributed by atoms with Gasteiger partial charge in [0.2, 0.25) is 0 Å². The summed E-state index contributed by atoms with van der Waals surface area (Å²) in [6, 6.07) is 18.5. The molecule has 0 saturated heterocycles. The van der Waals surface area contributed by atoms with Crippen LogP contribution in [0.1, 0.15) is 47.0 Å². The van der Waals surface area contributed by atoms with Gasteiger partial charge in [0.05, 0.1) is 23.9 Å². The van der Waals surface area contributed by atoms with Crippen LogP contribution in [0.2, 0.25) is 0 Å². The van der Waals surface area contributed by atoms with Gasteiger partial charge in [-0.05, 0) is 70.9 Å². The van der Waals surface area contributed by atoms with Gasteiger partial charge >= 0.3 is 0 Å². The van der Waals surface area contributed by atoms with Crippen LogP contribution in [0.5, 0.6) is 0 Å². The van der Waals surface area contributed by atoms with Gasteiger partial charge in [-0.15, -0.1) is 0 Å². The normalized spacial score (nSPS) is 13.5. The molecule has 2 heterocycles. The van der Waals surface area contributed by atoms with Crippen LogP contribution in [0.4, 0.5) is 0 Å². The highest BCUT2D eigenvalue weighted by atomic mass is 79.9. The van der Waals surface area contributed by atoms with E-state index in [2.05, 4.69) is 57.8 Å². The zero-order valence-electron chi connectivity index (χ0n) is 17.0. The van der Waals surface area contributed by atoms with E-state index >= 15 is 0 Å². The monoisotopic (exact) mass is 456 g/mol. The molecule has 4 nitrogen and oxygen atoms in total. The number of hydrogen-bond donors (Lipinski definition) is 0. The minimum Gasteiger partial charge on any atom is -0.308 e. The van der Waals surface area contributed by atoms with E-state index in [1.165, 1.54) is 18.4 Å². The van der Waals surface area contributed by atoms with Crippen LogP contribution >= 0.6 is 15.9 Å². The van der Waals surface area contributed by atoms with Gasteiger partial charge in [0, 0.05) is 10.4 Å². The van der Waals surface area contributed by atoms with Crippen molar-refractivity contribution in [2.45, 2.75) is 39.2 Å². The minimum absolute atomic E-state index is 0.541. The SMILES string of the molecule is Cc1nc2c(nc(C3CC3)n2Cc2ccc(-c3ccccc3C#N)cc2)c(C)c1Br. The van der Waals surface area contributed by atoms with E-state index in [4.69, 9.17) is 9.97 Å². The molecule has 0 spiro atoms. The number of rotatable bonds is 4. The molecule has 5 rings (SSSR count). The lowest BCUT2D eigenvalue weighted by Gasteiger charge is -2.11. The summed E-state index contributed by atoms with van der Waals surface area (Å²) < 4.78 is 3.33. The van der Waals surface area contributed by atoms with Gasteiger partial charge in [0.25, 0.3) is 0 Å². The van der Waals surface area contributed by atoms with Gasteiger partial charge in [-0.25, -0.2) is 9.97 Å². The highest BCUT2D eigenvalue weighted by molar-refractivity contribution is 9.10. The van der Waals surface area contributed by atoms with E-state index in [0.29, 0.717) is 11.5 Å². The van der Waals surface area contributed by atoms with E-state index in [9.17, 15) is 5.26 Å². The third kappa shape index (κ3) is 3.22. The third-order valence-electron chi connectivity index (χ3n) is 5.84. The number of hydrogen-bond acceptors (Lipinski definition) is 3. The number of imidazole rings is 1. The Balaban J connectivity index is 1.55. The molecule has 0 N–H and O–H groups in total. The van der Waals surface area contributed by atoms with Gasteiger partial charge in [0.15, 0.2) is 5.65 Å². The Morgan fingerprint density at radius 3 is 2.50 bits per heavy atom. The Morgan fingerprint density at radius 1 is 1.07 bits per heavy atom. The van der Waals surface area contributed by atoms with Gasteiger partial charge in [-0.1, -0.05) is 42.5 Å². The molecule has 148 valence electrons. The standard InChI is InChI=1S/C25H21BrN4/c1-15-22(26)16(2)28-25-23(15)29-24(19-11-12-19)30(25)14-17-7-9-18(10-8-17)21-6-4-3-5-20(21)13-27/h3-10,19H,11-12,14H2,1-2H3. The Labute approximate surface area is 184 Å². The number of aryl methyl sites for hydroxylation is 2. The highest BCUT2D eigenvalue weighted by Crippen LogP contribution is 2.41. The molecule has 5 heteroatoms. The van der Waals surface area contributed by atoms with Crippen molar-refractivity contribution in [3.05, 3.63) is 81.2 Å². The summed E-state index contributed by atoms with van der Waals surface area (Å²) in [4.78, 5) is 9.86. The van der Waals surface area contributed by atoms with E-state index in [1.807, 2.05) is 31.2 Å². The van der Waals surface area contributed by atoms with Crippen molar-refractivity contribution in [2.75, 3.05) is 0 Å². The number of pyridine rings is 1. The second kappa shape index (κ2) is 7.37. The minimum atomic E-state index is 0.541. The van der Waals surface area contributed by atoms with Crippen LogP contribution in [0.15, 0.2) is 53.0 Å². The number of benzene rings is 2. The summed E-state index contributed by atoms with van der Waals surface area (Å²) in [6.45, 7) is 4.89. The Morgan fingerprint density at radius 2 is 1.80 bits per heavy atom. The lowest BCUT2D eigenvalue weighted by molar-refractivity contribution is 0.739. The van der Waals surface area contributed by atoms with E-state index in [0.717, 1.165) is 50.4 Å². The van der Waals surface area contributed by atoms with Crippen molar-refractivity contribution < 1.29 is 0 Å². The van der Waals surface area contributed by atoms with Crippen LogP contribution in [0.25, 0.3) is 22.3 Å². The maximum atomic E-state index is 9.39. The van der Waals surface area contributed by atoms with Gasteiger partial charge in [-0.3, -0.25) is 0 Å². The summed E-state index contributed by atoms with van der Waals surface area (Å²) in [5, 5.41) is 9.39. The molecule has 0 unspecified atom stereocenters. The van der Waals surface area contributed by atoms with Crippen LogP contribution in [0.3, 0.4) is 0 Å². The summed E-state index contributed by atoms with van der Waals surface area (Å²) in [7, 11) is 0. The largest absolute Gasteiger partial charge is 0.308 e. The maximum absolute atomic E-state index is 9.39. The summed E-state index contributed by atoms with van der Waals surface area (Å²) in [6.07, 6.45) is 2.40. The first kappa shape index (κ1) is 19.0. The van der Waals surface area contributed by atoms with Crippen LogP contribution in [-0.4, -0.2) is 14.5 Å². The van der Waals surface area contributed by atoms with Gasteiger partial charge in [0.1, 0.15) is 11.3 Å². The fraction of sp³-hybridized carbons (Fsp3) is 0.240. The van der Waals surface area contributed by atoms with Crippen LogP contribution in [-0.2, 0) is 6.54 Å². The average molecular weight is 457 g/mol. The number of nitrogens with zero attached hydrogens (tertiary/aromatic N) is 4. The summed E-state index contributed by atoms with van der Waals surface area (Å²) in [5.74, 6) is 1.69. The smallest absolute Gasteiger partial charge is 0.160 e. The zero-order valence-corrected chi connectivity index (χ0v) is 18.6.